The molecule has 0 aliphatic heterocycles. The second-order valence-corrected chi connectivity index (χ2v) is 7.56. The maximum absolute atomic E-state index is 6.06. The molecule has 0 N–H and O–H groups in total. The Labute approximate surface area is 157 Å². The molecule has 0 fully saturated rings. The second-order valence-electron chi connectivity index (χ2n) is 7.56. The van der Waals surface area contributed by atoms with E-state index in [1.54, 1.807) is 22.3 Å². The van der Waals surface area contributed by atoms with Crippen LogP contribution in [-0.2, 0) is 11.3 Å². The van der Waals surface area contributed by atoms with Gasteiger partial charge in [-0.2, -0.15) is 0 Å². The van der Waals surface area contributed by atoms with Crippen molar-refractivity contribution in [2.45, 2.75) is 44.2 Å². The van der Waals surface area contributed by atoms with Crippen LogP contribution in [0.1, 0.15) is 59.4 Å². The van der Waals surface area contributed by atoms with Crippen molar-refractivity contribution in [1.82, 2.24) is 4.90 Å². The van der Waals surface area contributed by atoms with Gasteiger partial charge in [0.05, 0.1) is 13.2 Å². The number of benzene rings is 2. The summed E-state index contributed by atoms with van der Waals surface area (Å²) in [4.78, 5) is 2.21. The topological polar surface area (TPSA) is 12.5 Å². The summed E-state index contributed by atoms with van der Waals surface area (Å²) in [5, 5.41) is 0. The van der Waals surface area contributed by atoms with Crippen LogP contribution >= 0.6 is 12.4 Å². The number of halogens is 1. The first kappa shape index (κ1) is 18.4. The van der Waals surface area contributed by atoms with E-state index in [-0.39, 0.29) is 12.4 Å². The van der Waals surface area contributed by atoms with E-state index in [4.69, 9.17) is 4.74 Å². The predicted octanol–water partition coefficient (Wildman–Crippen LogP) is 4.95. The summed E-state index contributed by atoms with van der Waals surface area (Å²) < 4.78 is 6.06. The van der Waals surface area contributed by atoms with Crippen LogP contribution in [0.25, 0.3) is 0 Å². The smallest absolute Gasteiger partial charge is 0.0720 e. The van der Waals surface area contributed by atoms with E-state index in [0.717, 1.165) is 13.2 Å². The Balaban J connectivity index is 0.00000182. The lowest BCUT2D eigenvalue weighted by atomic mass is 9.63. The molecule has 134 valence electrons. The molecule has 0 aromatic heterocycles. The Hall–Kier alpha value is -1.35. The zero-order valence-corrected chi connectivity index (χ0v) is 16.2. The van der Waals surface area contributed by atoms with E-state index in [2.05, 4.69) is 68.4 Å². The van der Waals surface area contributed by atoms with Crippen LogP contribution < -0.4 is 0 Å². The first-order chi connectivity index (χ1) is 11.7. The molecule has 2 aromatic rings. The average molecular weight is 358 g/mol. The molecule has 0 radical (unpaired) electrons. The summed E-state index contributed by atoms with van der Waals surface area (Å²) in [5.74, 6) is 1.15. The molecule has 3 aliphatic carbocycles. The van der Waals surface area contributed by atoms with Crippen LogP contribution in [0.5, 0.6) is 0 Å². The maximum atomic E-state index is 6.06. The first-order valence-corrected chi connectivity index (χ1v) is 9.11. The summed E-state index contributed by atoms with van der Waals surface area (Å²) in [6, 6.07) is 16.3. The summed E-state index contributed by atoms with van der Waals surface area (Å²) in [6.07, 6.45) is 2.57. The van der Waals surface area contributed by atoms with Gasteiger partial charge in [0.1, 0.15) is 0 Å². The lowest BCUT2D eigenvalue weighted by Gasteiger charge is -2.41. The Morgan fingerprint density at radius 3 is 2.32 bits per heavy atom. The lowest BCUT2D eigenvalue weighted by Crippen LogP contribution is -2.29. The molecule has 5 rings (SSSR count). The molecule has 3 unspecified atom stereocenters. The van der Waals surface area contributed by atoms with E-state index >= 15 is 0 Å². The fourth-order valence-corrected chi connectivity index (χ4v) is 4.39. The van der Waals surface area contributed by atoms with Crippen LogP contribution in [0.2, 0.25) is 0 Å². The van der Waals surface area contributed by atoms with Gasteiger partial charge in [-0.05, 0) is 61.7 Å². The van der Waals surface area contributed by atoms with Crippen molar-refractivity contribution in [2.24, 2.45) is 0 Å². The number of fused-ring (bicyclic) bond motifs is 1. The molecule has 25 heavy (non-hydrogen) atoms. The molecular formula is C22H28ClNO. The van der Waals surface area contributed by atoms with Crippen molar-refractivity contribution >= 4 is 12.4 Å². The third kappa shape index (κ3) is 3.23. The van der Waals surface area contributed by atoms with Crippen LogP contribution in [0, 0.1) is 0 Å². The van der Waals surface area contributed by atoms with Gasteiger partial charge < -0.3 is 9.64 Å². The van der Waals surface area contributed by atoms with Gasteiger partial charge in [-0.1, -0.05) is 42.5 Å². The lowest BCUT2D eigenvalue weighted by molar-refractivity contribution is 0.0743. The van der Waals surface area contributed by atoms with E-state index in [9.17, 15) is 0 Å². The highest BCUT2D eigenvalue weighted by Gasteiger charge is 2.38. The van der Waals surface area contributed by atoms with Gasteiger partial charge >= 0.3 is 0 Å². The van der Waals surface area contributed by atoms with Crippen molar-refractivity contribution < 1.29 is 4.74 Å². The summed E-state index contributed by atoms with van der Waals surface area (Å²) in [6.45, 7) is 3.72. The third-order valence-electron chi connectivity index (χ3n) is 5.94. The van der Waals surface area contributed by atoms with Gasteiger partial charge in [0.2, 0.25) is 0 Å². The third-order valence-corrected chi connectivity index (χ3v) is 5.94. The van der Waals surface area contributed by atoms with Crippen molar-refractivity contribution in [2.75, 3.05) is 20.7 Å². The molecular weight excluding hydrogens is 330 g/mol. The van der Waals surface area contributed by atoms with Crippen LogP contribution in [0.4, 0.5) is 0 Å². The highest BCUT2D eigenvalue weighted by atomic mass is 35.5. The minimum atomic E-state index is 0. The van der Waals surface area contributed by atoms with Gasteiger partial charge in [-0.25, -0.2) is 0 Å². The summed E-state index contributed by atoms with van der Waals surface area (Å²) in [7, 11) is 4.21. The largest absolute Gasteiger partial charge is 0.375 e. The maximum Gasteiger partial charge on any atom is 0.0720 e. The SMILES string of the molecule is CC(COCc1cccc2c1C1CCC2c2ccccc21)N(C)C.Cl. The Morgan fingerprint density at radius 1 is 0.960 bits per heavy atom. The molecule has 0 heterocycles. The molecule has 0 saturated heterocycles. The molecule has 0 spiro atoms. The van der Waals surface area contributed by atoms with E-state index in [1.165, 1.54) is 18.4 Å². The van der Waals surface area contributed by atoms with Gasteiger partial charge in [0.25, 0.3) is 0 Å². The quantitative estimate of drug-likeness (QED) is 0.751. The van der Waals surface area contributed by atoms with Crippen molar-refractivity contribution in [3.8, 4) is 0 Å². The molecule has 2 nitrogen and oxygen atoms in total. The van der Waals surface area contributed by atoms with E-state index in [0.29, 0.717) is 17.9 Å². The zero-order valence-electron chi connectivity index (χ0n) is 15.4. The van der Waals surface area contributed by atoms with Gasteiger partial charge in [-0.3, -0.25) is 0 Å². The molecule has 2 bridgehead atoms. The standard InChI is InChI=1S/C22H27NO.ClH/c1-15(23(2)3)13-24-14-16-7-6-10-20-19-11-12-21(22(16)20)18-9-5-4-8-17(18)19;/h4-10,15,19,21H,11-14H2,1-3H3;1H. The van der Waals surface area contributed by atoms with Crippen molar-refractivity contribution in [3.05, 3.63) is 70.3 Å². The molecule has 2 aromatic carbocycles. The molecule has 0 amide bonds. The fraction of sp³-hybridized carbons (Fsp3) is 0.455. The zero-order chi connectivity index (χ0) is 16.7. The first-order valence-electron chi connectivity index (χ1n) is 9.11. The molecule has 3 aliphatic rings. The Morgan fingerprint density at radius 2 is 1.60 bits per heavy atom. The number of rotatable bonds is 5. The average Bonchev–Trinajstić information content (AvgIpc) is 2.62. The monoisotopic (exact) mass is 357 g/mol. The van der Waals surface area contributed by atoms with E-state index < -0.39 is 0 Å². The van der Waals surface area contributed by atoms with Gasteiger partial charge in [0, 0.05) is 17.9 Å². The highest BCUT2D eigenvalue weighted by molar-refractivity contribution is 5.85. The normalized spacial score (nSPS) is 21.4. The number of likely N-dealkylation sites (N-methyl/N-ethyl adjacent to an activating group) is 1. The molecule has 3 atom stereocenters. The number of hydrogen-bond donors (Lipinski definition) is 0. The van der Waals surface area contributed by atoms with Gasteiger partial charge in [0.15, 0.2) is 0 Å². The van der Waals surface area contributed by atoms with Crippen LogP contribution in [0.3, 0.4) is 0 Å². The summed E-state index contributed by atoms with van der Waals surface area (Å²) >= 11 is 0. The highest BCUT2D eigenvalue weighted by Crippen LogP contribution is 2.53. The number of hydrogen-bond acceptors (Lipinski definition) is 2. The predicted molar refractivity (Wildman–Crippen MR) is 106 cm³/mol. The molecule has 3 heteroatoms. The second kappa shape index (κ2) is 7.49. The van der Waals surface area contributed by atoms with Crippen molar-refractivity contribution in [3.63, 3.8) is 0 Å². The Kier molecular flexibility index (Phi) is 5.52. The summed E-state index contributed by atoms with van der Waals surface area (Å²) in [5.41, 5.74) is 7.61. The Bertz CT molecular complexity index is 743. The molecule has 0 saturated carbocycles. The minimum Gasteiger partial charge on any atom is -0.375 e. The minimum absolute atomic E-state index is 0. The van der Waals surface area contributed by atoms with Crippen LogP contribution in [-0.4, -0.2) is 31.6 Å². The number of ether oxygens (including phenoxy) is 1. The van der Waals surface area contributed by atoms with E-state index in [1.807, 2.05) is 0 Å². The van der Waals surface area contributed by atoms with Crippen molar-refractivity contribution in [1.29, 1.82) is 0 Å². The van der Waals surface area contributed by atoms with Gasteiger partial charge in [-0.15, -0.1) is 12.4 Å². The number of nitrogens with zero attached hydrogens (tertiary/aromatic N) is 1. The fourth-order valence-electron chi connectivity index (χ4n) is 4.39. The van der Waals surface area contributed by atoms with Crippen LogP contribution in [0.15, 0.2) is 42.5 Å².